The van der Waals surface area contributed by atoms with Crippen LogP contribution in [0.3, 0.4) is 0 Å². The number of nitrogens with one attached hydrogen (secondary N) is 3. The lowest BCUT2D eigenvalue weighted by molar-refractivity contribution is -0.0493. The quantitative estimate of drug-likeness (QED) is 0.0518. The van der Waals surface area contributed by atoms with Crippen LogP contribution in [0, 0.1) is 22.2 Å². The van der Waals surface area contributed by atoms with Crippen molar-refractivity contribution in [2.45, 2.75) is 107 Å². The first kappa shape index (κ1) is 42.3. The minimum absolute atomic E-state index is 0.0762. The van der Waals surface area contributed by atoms with Crippen molar-refractivity contribution in [3.8, 4) is 11.5 Å². The predicted octanol–water partition coefficient (Wildman–Crippen LogP) is 11.0. The van der Waals surface area contributed by atoms with Crippen LogP contribution in [0.2, 0.25) is 0 Å². The first-order valence-electron chi connectivity index (χ1n) is 22.4. The van der Waals surface area contributed by atoms with Crippen molar-refractivity contribution in [1.82, 2.24) is 19.6 Å². The molecule has 11 nitrogen and oxygen atoms in total. The highest BCUT2D eigenvalue weighted by molar-refractivity contribution is 7.98. The molecule has 4 aliphatic rings. The molecule has 0 unspecified atom stereocenters. The van der Waals surface area contributed by atoms with Gasteiger partial charge in [-0.1, -0.05) is 44.5 Å². The maximum Gasteiger partial charge on any atom is 0.265 e. The molecule has 62 heavy (non-hydrogen) atoms. The molecule has 4 fully saturated rings. The van der Waals surface area contributed by atoms with E-state index in [4.69, 9.17) is 4.74 Å². The molecule has 2 atom stereocenters. The molecule has 1 amide bonds. The molecule has 13 heteroatoms. The molecule has 0 radical (unpaired) electrons. The molecule has 4 N–H and O–H groups in total. The molecule has 1 spiro atoms. The number of carbonyl (C=O) groups excluding carboxylic acids is 1. The second-order valence-electron chi connectivity index (χ2n) is 18.9. The number of rotatable bonds is 13. The van der Waals surface area contributed by atoms with Crippen LogP contribution in [0.1, 0.15) is 112 Å². The molecule has 2 aliphatic carbocycles. The van der Waals surface area contributed by atoms with Gasteiger partial charge in [-0.05, 0) is 152 Å². The van der Waals surface area contributed by atoms with E-state index in [1.54, 1.807) is 42.1 Å². The number of ether oxygens (including phenoxy) is 1. The highest BCUT2D eigenvalue weighted by atomic mass is 32.2. The minimum Gasteiger partial charge on any atom is -0.452 e. The van der Waals surface area contributed by atoms with E-state index >= 15 is 4.39 Å². The van der Waals surface area contributed by atoms with Crippen LogP contribution >= 0.6 is 11.9 Å². The van der Waals surface area contributed by atoms with Crippen molar-refractivity contribution >= 4 is 46.0 Å². The number of hydrogen-bond donors (Lipinski definition) is 4. The smallest absolute Gasteiger partial charge is 0.265 e. The Labute approximate surface area is 367 Å². The number of aliphatic hydroxyl groups is 1. The van der Waals surface area contributed by atoms with Gasteiger partial charge in [-0.25, -0.2) is 0 Å². The summed E-state index contributed by atoms with van der Waals surface area (Å²) in [5, 5.41) is 17.6. The first-order valence-corrected chi connectivity index (χ1v) is 23.2. The van der Waals surface area contributed by atoms with E-state index in [1.165, 1.54) is 24.8 Å². The summed E-state index contributed by atoms with van der Waals surface area (Å²) >= 11 is 1.06. The Morgan fingerprint density at radius 1 is 1.00 bits per heavy atom. The maximum atomic E-state index is 15.4. The molecular weight excluding hydrogens is 802 g/mol. The average molecular weight is 860 g/mol. The molecule has 2 saturated heterocycles. The van der Waals surface area contributed by atoms with Gasteiger partial charge in [0.2, 0.25) is 0 Å². The second-order valence-corrected chi connectivity index (χ2v) is 19.8. The van der Waals surface area contributed by atoms with E-state index < -0.39 is 17.5 Å². The van der Waals surface area contributed by atoms with Gasteiger partial charge in [-0.2, -0.15) is 9.37 Å². The molecule has 2 aromatic heterocycles. The van der Waals surface area contributed by atoms with Crippen LogP contribution in [-0.4, -0.2) is 70.2 Å². The van der Waals surface area contributed by atoms with Crippen LogP contribution in [-0.2, 0) is 0 Å². The lowest BCUT2D eigenvalue weighted by Gasteiger charge is -2.57. The summed E-state index contributed by atoms with van der Waals surface area (Å²) in [7, 11) is 0. The van der Waals surface area contributed by atoms with Gasteiger partial charge in [0.05, 0.1) is 16.9 Å². The van der Waals surface area contributed by atoms with Crippen molar-refractivity contribution in [3.63, 3.8) is 0 Å². The molecule has 2 saturated carbocycles. The van der Waals surface area contributed by atoms with Crippen LogP contribution in [0.15, 0.2) is 89.1 Å². The van der Waals surface area contributed by atoms with Crippen LogP contribution in [0.25, 0.3) is 11.0 Å². The zero-order valence-corrected chi connectivity index (χ0v) is 36.8. The fourth-order valence-electron chi connectivity index (χ4n) is 10.5. The van der Waals surface area contributed by atoms with E-state index in [9.17, 15) is 14.8 Å². The van der Waals surface area contributed by atoms with Crippen LogP contribution in [0.5, 0.6) is 11.5 Å². The Hall–Kier alpha value is -4.98. The van der Waals surface area contributed by atoms with Gasteiger partial charge in [-0.15, -0.1) is 4.91 Å². The van der Waals surface area contributed by atoms with Crippen molar-refractivity contribution in [3.05, 3.63) is 107 Å². The number of anilines is 2. The van der Waals surface area contributed by atoms with Gasteiger partial charge in [-0.3, -0.25) is 14.4 Å². The number of pyridine rings is 1. The summed E-state index contributed by atoms with van der Waals surface area (Å²) in [6, 6.07) is 23.8. The lowest BCUT2D eigenvalue weighted by atomic mass is 9.70. The van der Waals surface area contributed by atoms with Crippen LogP contribution in [0.4, 0.5) is 21.5 Å². The number of hydrogen-bond acceptors (Lipinski definition) is 10. The number of nitroso groups, excluding NO2 is 1. The summed E-state index contributed by atoms with van der Waals surface area (Å²) in [4.78, 5) is 38.5. The fourth-order valence-corrected chi connectivity index (χ4v) is 11.2. The van der Waals surface area contributed by atoms with Gasteiger partial charge >= 0.3 is 0 Å². The Balaban J connectivity index is 0.868. The fraction of sp³-hybridized carbons (Fsp3) is 0.469. The van der Waals surface area contributed by atoms with Gasteiger partial charge in [0.15, 0.2) is 5.75 Å². The number of carbonyl (C=O) groups is 1. The first-order chi connectivity index (χ1) is 30.0. The topological polar surface area (TPSA) is 135 Å². The number of benzene rings is 3. The van der Waals surface area contributed by atoms with E-state index in [0.717, 1.165) is 82.3 Å². The van der Waals surface area contributed by atoms with Crippen molar-refractivity contribution in [2.75, 3.05) is 42.9 Å². The highest BCUT2D eigenvalue weighted by Crippen LogP contribution is 2.49. The van der Waals surface area contributed by atoms with Gasteiger partial charge < -0.3 is 25.0 Å². The summed E-state index contributed by atoms with van der Waals surface area (Å²) < 4.78 is 24.5. The Bertz CT molecular complexity index is 2410. The molecule has 4 heterocycles. The third-order valence-corrected chi connectivity index (χ3v) is 15.0. The lowest BCUT2D eigenvalue weighted by Crippen LogP contribution is -2.63. The largest absolute Gasteiger partial charge is 0.452 e. The molecule has 3 aromatic carbocycles. The summed E-state index contributed by atoms with van der Waals surface area (Å²) in [6.45, 7) is 11.2. The second kappa shape index (κ2) is 17.7. The maximum absolute atomic E-state index is 15.4. The minimum atomic E-state index is -0.782. The van der Waals surface area contributed by atoms with Gasteiger partial charge in [0.25, 0.3) is 11.9 Å². The summed E-state index contributed by atoms with van der Waals surface area (Å²) in [5.41, 5.74) is 5.18. The molecular formula is C49H58FN7O4S. The number of halogens is 1. The zero-order chi connectivity index (χ0) is 43.0. The number of likely N-dealkylation sites (tertiary alicyclic amines) is 1. The zero-order valence-electron chi connectivity index (χ0n) is 36.0. The van der Waals surface area contributed by atoms with Crippen molar-refractivity contribution in [2.24, 2.45) is 16.5 Å². The molecule has 9 rings (SSSR count). The number of fused-ring (bicyclic) bond motifs is 1. The third kappa shape index (κ3) is 8.94. The number of aromatic nitrogens is 2. The molecule has 0 bridgehead atoms. The van der Waals surface area contributed by atoms with Crippen LogP contribution < -0.4 is 19.7 Å². The summed E-state index contributed by atoms with van der Waals surface area (Å²) in [5.74, 6) is 0.447. The Morgan fingerprint density at radius 3 is 2.56 bits per heavy atom. The predicted molar refractivity (Wildman–Crippen MR) is 245 cm³/mol. The van der Waals surface area contributed by atoms with E-state index in [1.807, 2.05) is 25.1 Å². The number of H-pyrrole nitrogens is 1. The van der Waals surface area contributed by atoms with E-state index in [-0.39, 0.29) is 22.7 Å². The SMILES string of the molecule is CC(C)c1ccccc1[C@H]1CCC[C@H]1N1CC2(CCN(c3ccc(C(=O)NSc4ccc(NCC5CCC(C)(O)CC5)c(N=O)c4)c(Oc4cc5cc[nH]c5nc4F)c3)CC2)C1. The van der Waals surface area contributed by atoms with E-state index in [2.05, 4.69) is 73.1 Å². The average Bonchev–Trinajstić information content (AvgIpc) is 3.94. The standard InChI is InChI=1S/C49H58FN7O4S/c1-31(2)36-7-4-5-8-37(36)38-9-6-10-42(38)57-29-49(30-57)20-23-56(24-21-49)34-11-13-39(43(26-34)61-44-25-33-17-22-51-46(33)53-45(44)50)47(58)55-62-35-12-14-40(41(27-35)54-60)52-28-32-15-18-48(3,59)19-16-32/h4-5,7-8,11-14,17,22,25-27,31-32,38,42,52,59H,6,9-10,15-16,18-21,23-24,28-30H2,1-3H3,(H,51,53)(H,55,58)/t32?,38-,42-,48?/m1/s1. The molecule has 5 aromatic rings. The Kier molecular flexibility index (Phi) is 12.0. The molecule has 2 aliphatic heterocycles. The normalized spacial score (nSPS) is 23.7. The van der Waals surface area contributed by atoms with Gasteiger partial charge in [0.1, 0.15) is 17.1 Å². The van der Waals surface area contributed by atoms with Gasteiger partial charge in [0, 0.05) is 67.0 Å². The van der Waals surface area contributed by atoms with Crippen molar-refractivity contribution < 1.29 is 19.0 Å². The highest BCUT2D eigenvalue weighted by Gasteiger charge is 2.49. The third-order valence-electron chi connectivity index (χ3n) is 14.2. The Morgan fingerprint density at radius 2 is 1.79 bits per heavy atom. The number of aromatic amines is 1. The molecule has 326 valence electrons. The van der Waals surface area contributed by atoms with E-state index in [0.29, 0.717) is 57.4 Å². The monoisotopic (exact) mass is 859 g/mol. The number of nitrogens with zero attached hydrogens (tertiary/aromatic N) is 4. The number of piperidine rings is 1. The van der Waals surface area contributed by atoms with Crippen molar-refractivity contribution in [1.29, 1.82) is 0 Å². The summed E-state index contributed by atoms with van der Waals surface area (Å²) in [6.07, 6.45) is 11.0. The number of amides is 1.